The van der Waals surface area contributed by atoms with Crippen molar-refractivity contribution in [3.05, 3.63) is 118 Å². The average molecular weight is 699 g/mol. The van der Waals surface area contributed by atoms with E-state index in [4.69, 9.17) is 32.7 Å². The summed E-state index contributed by atoms with van der Waals surface area (Å²) in [5.74, 6) is -0.300. The normalized spacial score (nSPS) is 11.8. The van der Waals surface area contributed by atoms with Crippen LogP contribution in [0.2, 0.25) is 10.0 Å². The van der Waals surface area contributed by atoms with Gasteiger partial charge in [-0.1, -0.05) is 78.7 Å². The molecule has 9 nitrogen and oxygen atoms in total. The number of benzene rings is 4. The molecule has 4 aromatic carbocycles. The first kappa shape index (κ1) is 35.6. The fourth-order valence-electron chi connectivity index (χ4n) is 4.98. The maximum Gasteiger partial charge on any atom is 0.264 e. The Morgan fingerprint density at radius 1 is 0.872 bits per heavy atom. The van der Waals surface area contributed by atoms with Crippen molar-refractivity contribution in [1.82, 2.24) is 10.2 Å². The number of ether oxygens (including phenoxy) is 2. The van der Waals surface area contributed by atoms with Gasteiger partial charge in [0.2, 0.25) is 11.8 Å². The molecule has 0 aliphatic heterocycles. The summed E-state index contributed by atoms with van der Waals surface area (Å²) < 4.78 is 40.3. The molecule has 0 aliphatic rings. The smallest absolute Gasteiger partial charge is 0.264 e. The molecule has 2 amide bonds. The number of amides is 2. The van der Waals surface area contributed by atoms with E-state index in [9.17, 15) is 18.0 Å². The number of carbonyl (C=O) groups is 2. The molecule has 0 saturated heterocycles. The number of anilines is 1. The third-order valence-corrected chi connectivity index (χ3v) is 9.82. The minimum atomic E-state index is -4.34. The minimum Gasteiger partial charge on any atom is -0.497 e. The number of nitrogens with one attached hydrogen (secondary N) is 1. The first-order valence-corrected chi connectivity index (χ1v) is 17.1. The lowest BCUT2D eigenvalue weighted by Gasteiger charge is -2.34. The van der Waals surface area contributed by atoms with Gasteiger partial charge in [0, 0.05) is 29.6 Å². The van der Waals surface area contributed by atoms with E-state index in [1.54, 1.807) is 42.5 Å². The van der Waals surface area contributed by atoms with E-state index in [1.807, 2.05) is 37.3 Å². The maximum atomic E-state index is 14.6. The number of nitrogens with zero attached hydrogens (tertiary/aromatic N) is 2. The molecule has 0 aromatic heterocycles. The number of para-hydroxylation sites is 2. The Balaban J connectivity index is 1.84. The number of methoxy groups -OCH3 is 2. The van der Waals surface area contributed by atoms with Crippen LogP contribution < -0.4 is 19.1 Å². The zero-order valence-corrected chi connectivity index (χ0v) is 28.7. The van der Waals surface area contributed by atoms with E-state index in [0.717, 1.165) is 9.87 Å². The number of hydrogen-bond donors (Lipinski definition) is 1. The molecule has 4 aromatic rings. The van der Waals surface area contributed by atoms with Gasteiger partial charge in [-0.05, 0) is 66.1 Å². The Morgan fingerprint density at radius 3 is 2.19 bits per heavy atom. The van der Waals surface area contributed by atoms with E-state index < -0.39 is 28.5 Å². The van der Waals surface area contributed by atoms with Gasteiger partial charge in [0.25, 0.3) is 10.0 Å². The lowest BCUT2D eigenvalue weighted by atomic mass is 10.0. The fourth-order valence-corrected chi connectivity index (χ4v) is 6.87. The van der Waals surface area contributed by atoms with Gasteiger partial charge in [0.15, 0.2) is 0 Å². The van der Waals surface area contributed by atoms with Crippen molar-refractivity contribution < 1.29 is 27.5 Å². The summed E-state index contributed by atoms with van der Waals surface area (Å²) in [6.45, 7) is 1.59. The van der Waals surface area contributed by atoms with Gasteiger partial charge in [-0.3, -0.25) is 13.9 Å². The molecular weight excluding hydrogens is 661 g/mol. The van der Waals surface area contributed by atoms with Gasteiger partial charge < -0.3 is 19.7 Å². The molecule has 0 spiro atoms. The molecule has 1 atom stereocenters. The molecule has 0 aliphatic carbocycles. The molecular formula is C35H37Cl2N3O6S. The molecule has 12 heteroatoms. The summed E-state index contributed by atoms with van der Waals surface area (Å²) in [6.07, 6.45) is 0.857. The molecule has 248 valence electrons. The number of rotatable bonds is 15. The molecule has 4 rings (SSSR count). The summed E-state index contributed by atoms with van der Waals surface area (Å²) in [5, 5.41) is 3.63. The van der Waals surface area contributed by atoms with Crippen LogP contribution in [0.25, 0.3) is 0 Å². The van der Waals surface area contributed by atoms with Crippen molar-refractivity contribution in [2.24, 2.45) is 0 Å². The van der Waals surface area contributed by atoms with Crippen LogP contribution in [0.5, 0.6) is 11.5 Å². The molecule has 1 N–H and O–H groups in total. The van der Waals surface area contributed by atoms with Crippen LogP contribution in [-0.2, 0) is 32.6 Å². The van der Waals surface area contributed by atoms with Crippen LogP contribution in [0.3, 0.4) is 0 Å². The monoisotopic (exact) mass is 697 g/mol. The lowest BCUT2D eigenvalue weighted by molar-refractivity contribution is -0.140. The van der Waals surface area contributed by atoms with E-state index in [1.165, 1.54) is 43.4 Å². The Morgan fingerprint density at radius 2 is 1.55 bits per heavy atom. The van der Waals surface area contributed by atoms with Gasteiger partial charge in [-0.2, -0.15) is 0 Å². The highest BCUT2D eigenvalue weighted by Gasteiger charge is 2.35. The second-order valence-corrected chi connectivity index (χ2v) is 13.3. The zero-order chi connectivity index (χ0) is 34.0. The highest BCUT2D eigenvalue weighted by molar-refractivity contribution is 7.92. The Labute approximate surface area is 286 Å². The predicted octanol–water partition coefficient (Wildman–Crippen LogP) is 6.37. The second kappa shape index (κ2) is 16.5. The molecule has 0 saturated carbocycles. The average Bonchev–Trinajstić information content (AvgIpc) is 3.08. The highest BCUT2D eigenvalue weighted by atomic mass is 35.5. The maximum absolute atomic E-state index is 14.6. The molecule has 0 bridgehead atoms. The summed E-state index contributed by atoms with van der Waals surface area (Å²) in [6, 6.07) is 25.6. The number of halogens is 2. The minimum absolute atomic E-state index is 0.0640. The van der Waals surface area contributed by atoms with Crippen molar-refractivity contribution in [2.75, 3.05) is 31.6 Å². The van der Waals surface area contributed by atoms with Crippen LogP contribution >= 0.6 is 23.2 Å². The third-order valence-electron chi connectivity index (χ3n) is 7.46. The van der Waals surface area contributed by atoms with Crippen LogP contribution in [0.1, 0.15) is 24.5 Å². The van der Waals surface area contributed by atoms with Crippen LogP contribution in [0.15, 0.2) is 102 Å². The Kier molecular flexibility index (Phi) is 12.5. The summed E-state index contributed by atoms with van der Waals surface area (Å²) in [7, 11) is -1.44. The zero-order valence-electron chi connectivity index (χ0n) is 26.4. The first-order valence-electron chi connectivity index (χ1n) is 14.9. The highest BCUT2D eigenvalue weighted by Crippen LogP contribution is 2.33. The SMILES string of the molecule is CCCNC(=O)[C@@H](Cc1ccccc1)N(Cc1ccc(Cl)cc1Cl)C(=O)CN(c1ccccc1OC)S(=O)(=O)c1ccc(OC)cc1. The van der Waals surface area contributed by atoms with Gasteiger partial charge >= 0.3 is 0 Å². The largest absolute Gasteiger partial charge is 0.497 e. The summed E-state index contributed by atoms with van der Waals surface area (Å²) in [4.78, 5) is 29.7. The topological polar surface area (TPSA) is 105 Å². The lowest BCUT2D eigenvalue weighted by Crippen LogP contribution is -2.53. The van der Waals surface area contributed by atoms with Crippen LogP contribution in [0.4, 0.5) is 5.69 Å². The second-order valence-electron chi connectivity index (χ2n) is 10.6. The van der Waals surface area contributed by atoms with Crippen LogP contribution in [-0.4, -0.2) is 58.5 Å². The van der Waals surface area contributed by atoms with E-state index in [2.05, 4.69) is 5.32 Å². The van der Waals surface area contributed by atoms with Gasteiger partial charge in [0.1, 0.15) is 24.1 Å². The van der Waals surface area contributed by atoms with E-state index >= 15 is 0 Å². The Hall–Kier alpha value is -4.25. The predicted molar refractivity (Wildman–Crippen MR) is 185 cm³/mol. The van der Waals surface area contributed by atoms with Crippen molar-refractivity contribution >= 4 is 50.7 Å². The van der Waals surface area contributed by atoms with Crippen molar-refractivity contribution in [2.45, 2.75) is 37.2 Å². The van der Waals surface area contributed by atoms with Crippen molar-refractivity contribution in [3.8, 4) is 11.5 Å². The molecule has 0 unspecified atom stereocenters. The van der Waals surface area contributed by atoms with Crippen molar-refractivity contribution in [1.29, 1.82) is 0 Å². The van der Waals surface area contributed by atoms with Gasteiger partial charge in [-0.15, -0.1) is 0 Å². The quantitative estimate of drug-likeness (QED) is 0.155. The van der Waals surface area contributed by atoms with E-state index in [0.29, 0.717) is 34.3 Å². The van der Waals surface area contributed by atoms with E-state index in [-0.39, 0.29) is 35.2 Å². The van der Waals surface area contributed by atoms with Crippen molar-refractivity contribution in [3.63, 3.8) is 0 Å². The van der Waals surface area contributed by atoms with Gasteiger partial charge in [0.05, 0.1) is 24.8 Å². The summed E-state index contributed by atoms with van der Waals surface area (Å²) >= 11 is 12.7. The third kappa shape index (κ3) is 8.97. The molecule has 0 heterocycles. The first-order chi connectivity index (χ1) is 22.6. The summed E-state index contributed by atoms with van der Waals surface area (Å²) in [5.41, 5.74) is 1.50. The molecule has 0 radical (unpaired) electrons. The number of sulfonamides is 1. The molecule has 0 fully saturated rings. The Bertz CT molecular complexity index is 1770. The molecule has 47 heavy (non-hydrogen) atoms. The van der Waals surface area contributed by atoms with Gasteiger partial charge in [-0.25, -0.2) is 8.42 Å². The number of carbonyl (C=O) groups excluding carboxylic acids is 2. The standard InChI is InChI=1S/C35H37Cl2N3O6S/c1-4-20-38-35(42)32(21-25-10-6-5-7-11-25)39(23-26-14-15-27(36)22-30(26)37)34(41)24-40(31-12-8-9-13-33(31)46-3)47(43,44)29-18-16-28(45-2)17-19-29/h5-19,22,32H,4,20-21,23-24H2,1-3H3,(H,38,42)/t32-/m1/s1. The van der Waals surface area contributed by atoms with Crippen LogP contribution in [0, 0.1) is 0 Å². The number of hydrogen-bond acceptors (Lipinski definition) is 6. The fraction of sp³-hybridized carbons (Fsp3) is 0.257.